The zero-order valence-corrected chi connectivity index (χ0v) is 14.7. The summed E-state index contributed by atoms with van der Waals surface area (Å²) in [5.41, 5.74) is 1.67. The fraction of sp³-hybridized carbons (Fsp3) is 0.300. The van der Waals surface area contributed by atoms with E-state index < -0.39 is 11.4 Å². The minimum absolute atomic E-state index is 0.0124. The van der Waals surface area contributed by atoms with Crippen LogP contribution in [0.5, 0.6) is 5.75 Å². The molecular formula is C20H23NO4. The fourth-order valence-corrected chi connectivity index (χ4v) is 2.39. The Balaban J connectivity index is 1.95. The molecule has 0 saturated carbocycles. The molecule has 2 aromatic rings. The van der Waals surface area contributed by atoms with Crippen molar-refractivity contribution in [2.24, 2.45) is 0 Å². The molecule has 0 radical (unpaired) electrons. The summed E-state index contributed by atoms with van der Waals surface area (Å²) in [6, 6.07) is 14.5. The molecular weight excluding hydrogens is 318 g/mol. The van der Waals surface area contributed by atoms with Gasteiger partial charge in [-0.1, -0.05) is 36.4 Å². The molecule has 0 aromatic heterocycles. The maximum absolute atomic E-state index is 12.0. The van der Waals surface area contributed by atoms with Gasteiger partial charge in [-0.05, 0) is 49.6 Å². The van der Waals surface area contributed by atoms with Crippen LogP contribution in [0.1, 0.15) is 23.6 Å². The maximum atomic E-state index is 12.0. The van der Waals surface area contributed by atoms with E-state index in [0.29, 0.717) is 11.3 Å². The molecule has 0 aliphatic rings. The number of aliphatic carboxylic acids is 1. The number of rotatable bonds is 7. The van der Waals surface area contributed by atoms with E-state index in [1.54, 1.807) is 37.3 Å². The Bertz CT molecular complexity index is 758. The van der Waals surface area contributed by atoms with Crippen LogP contribution in [0.15, 0.2) is 48.5 Å². The van der Waals surface area contributed by atoms with Gasteiger partial charge in [0.25, 0.3) is 5.91 Å². The first-order valence-corrected chi connectivity index (χ1v) is 8.08. The highest BCUT2D eigenvalue weighted by atomic mass is 16.5. The number of hydrogen-bond donors (Lipinski definition) is 2. The summed E-state index contributed by atoms with van der Waals surface area (Å²) in [4.78, 5) is 23.7. The van der Waals surface area contributed by atoms with Gasteiger partial charge >= 0.3 is 5.97 Å². The van der Waals surface area contributed by atoms with Crippen molar-refractivity contribution in [1.29, 1.82) is 0 Å². The summed E-state index contributed by atoms with van der Waals surface area (Å²) in [7, 11) is 0. The SMILES string of the molecule is Cc1ccc(OCC(=O)NCC(C)(C(=O)O)c2ccccc2)cc1C. The topological polar surface area (TPSA) is 75.6 Å². The summed E-state index contributed by atoms with van der Waals surface area (Å²) >= 11 is 0. The van der Waals surface area contributed by atoms with Gasteiger partial charge in [0, 0.05) is 6.54 Å². The fourth-order valence-electron chi connectivity index (χ4n) is 2.39. The Morgan fingerprint density at radius 2 is 1.76 bits per heavy atom. The number of nitrogens with one attached hydrogen (secondary N) is 1. The molecule has 1 amide bonds. The molecule has 0 saturated heterocycles. The van der Waals surface area contributed by atoms with Crippen LogP contribution in [0.3, 0.4) is 0 Å². The third-order valence-electron chi connectivity index (χ3n) is 4.37. The lowest BCUT2D eigenvalue weighted by Gasteiger charge is -2.25. The first-order chi connectivity index (χ1) is 11.8. The van der Waals surface area contributed by atoms with Crippen LogP contribution in [0.4, 0.5) is 0 Å². The van der Waals surface area contributed by atoms with Crippen LogP contribution >= 0.6 is 0 Å². The van der Waals surface area contributed by atoms with E-state index in [2.05, 4.69) is 5.32 Å². The van der Waals surface area contributed by atoms with Crippen molar-refractivity contribution >= 4 is 11.9 Å². The van der Waals surface area contributed by atoms with Gasteiger partial charge in [-0.3, -0.25) is 9.59 Å². The third kappa shape index (κ3) is 4.59. The predicted octanol–water partition coefficient (Wildman–Crippen LogP) is 2.84. The Morgan fingerprint density at radius 3 is 2.36 bits per heavy atom. The molecule has 0 spiro atoms. The van der Waals surface area contributed by atoms with E-state index >= 15 is 0 Å². The number of ether oxygens (including phenoxy) is 1. The number of carbonyl (C=O) groups is 2. The van der Waals surface area contributed by atoms with Gasteiger partial charge in [-0.2, -0.15) is 0 Å². The van der Waals surface area contributed by atoms with Crippen molar-refractivity contribution in [3.8, 4) is 5.75 Å². The van der Waals surface area contributed by atoms with Gasteiger partial charge in [0.05, 0.1) is 0 Å². The lowest BCUT2D eigenvalue weighted by Crippen LogP contribution is -2.45. The van der Waals surface area contributed by atoms with E-state index in [9.17, 15) is 14.7 Å². The largest absolute Gasteiger partial charge is 0.484 e. The molecule has 0 aliphatic heterocycles. The molecule has 0 fully saturated rings. The highest BCUT2D eigenvalue weighted by molar-refractivity contribution is 5.83. The van der Waals surface area contributed by atoms with E-state index in [1.807, 2.05) is 32.0 Å². The Morgan fingerprint density at radius 1 is 1.08 bits per heavy atom. The van der Waals surface area contributed by atoms with Crippen LogP contribution in [0, 0.1) is 13.8 Å². The van der Waals surface area contributed by atoms with Crippen LogP contribution in [-0.2, 0) is 15.0 Å². The number of aryl methyl sites for hydroxylation is 2. The Kier molecular flexibility index (Phi) is 5.80. The summed E-state index contributed by atoms with van der Waals surface area (Å²) < 4.78 is 5.48. The zero-order valence-electron chi connectivity index (χ0n) is 14.7. The van der Waals surface area contributed by atoms with E-state index in [0.717, 1.165) is 11.1 Å². The van der Waals surface area contributed by atoms with Gasteiger partial charge in [0.15, 0.2) is 6.61 Å². The maximum Gasteiger partial charge on any atom is 0.315 e. The van der Waals surface area contributed by atoms with Crippen molar-refractivity contribution in [2.45, 2.75) is 26.2 Å². The molecule has 2 N–H and O–H groups in total. The predicted molar refractivity (Wildman–Crippen MR) is 95.9 cm³/mol. The number of hydrogen-bond acceptors (Lipinski definition) is 3. The summed E-state index contributed by atoms with van der Waals surface area (Å²) in [5, 5.41) is 12.2. The summed E-state index contributed by atoms with van der Waals surface area (Å²) in [6.07, 6.45) is 0. The lowest BCUT2D eigenvalue weighted by atomic mass is 9.82. The number of carboxylic acid groups (broad SMARTS) is 1. The molecule has 2 aromatic carbocycles. The first-order valence-electron chi connectivity index (χ1n) is 8.08. The average Bonchev–Trinajstić information content (AvgIpc) is 2.61. The Hall–Kier alpha value is -2.82. The number of carboxylic acids is 1. The quantitative estimate of drug-likeness (QED) is 0.812. The second-order valence-electron chi connectivity index (χ2n) is 6.31. The van der Waals surface area contributed by atoms with Crippen LogP contribution in [-0.4, -0.2) is 30.1 Å². The van der Waals surface area contributed by atoms with Gasteiger partial charge < -0.3 is 15.2 Å². The number of amides is 1. The molecule has 0 aliphatic carbocycles. The van der Waals surface area contributed by atoms with Crippen molar-refractivity contribution in [3.05, 3.63) is 65.2 Å². The molecule has 0 bridgehead atoms. The molecule has 0 heterocycles. The highest BCUT2D eigenvalue weighted by Crippen LogP contribution is 2.23. The van der Waals surface area contributed by atoms with E-state index in [1.165, 1.54) is 0 Å². The van der Waals surface area contributed by atoms with Crippen molar-refractivity contribution in [3.63, 3.8) is 0 Å². The van der Waals surface area contributed by atoms with Gasteiger partial charge in [-0.15, -0.1) is 0 Å². The molecule has 1 unspecified atom stereocenters. The summed E-state index contributed by atoms with van der Waals surface area (Å²) in [5.74, 6) is -0.738. The molecule has 132 valence electrons. The first kappa shape index (κ1) is 18.5. The molecule has 5 heteroatoms. The number of carbonyl (C=O) groups excluding carboxylic acids is 1. The van der Waals surface area contributed by atoms with Crippen molar-refractivity contribution < 1.29 is 19.4 Å². The van der Waals surface area contributed by atoms with E-state index in [-0.39, 0.29) is 19.1 Å². The molecule has 25 heavy (non-hydrogen) atoms. The summed E-state index contributed by atoms with van der Waals surface area (Å²) in [6.45, 7) is 5.39. The average molecular weight is 341 g/mol. The van der Waals surface area contributed by atoms with Crippen LogP contribution in [0.25, 0.3) is 0 Å². The second kappa shape index (κ2) is 7.83. The van der Waals surface area contributed by atoms with Gasteiger partial charge in [-0.25, -0.2) is 0 Å². The van der Waals surface area contributed by atoms with Gasteiger partial charge in [0.1, 0.15) is 11.2 Å². The van der Waals surface area contributed by atoms with Gasteiger partial charge in [0.2, 0.25) is 0 Å². The molecule has 2 rings (SSSR count). The minimum Gasteiger partial charge on any atom is -0.484 e. The Labute approximate surface area is 147 Å². The smallest absolute Gasteiger partial charge is 0.315 e. The second-order valence-corrected chi connectivity index (χ2v) is 6.31. The minimum atomic E-state index is -1.20. The van der Waals surface area contributed by atoms with Crippen molar-refractivity contribution in [1.82, 2.24) is 5.32 Å². The monoisotopic (exact) mass is 341 g/mol. The molecule has 1 atom stereocenters. The van der Waals surface area contributed by atoms with Crippen LogP contribution < -0.4 is 10.1 Å². The number of benzene rings is 2. The van der Waals surface area contributed by atoms with E-state index in [4.69, 9.17) is 4.74 Å². The van der Waals surface area contributed by atoms with Crippen molar-refractivity contribution in [2.75, 3.05) is 13.2 Å². The zero-order chi connectivity index (χ0) is 18.4. The molecule has 5 nitrogen and oxygen atoms in total. The lowest BCUT2D eigenvalue weighted by molar-refractivity contribution is -0.143. The highest BCUT2D eigenvalue weighted by Gasteiger charge is 2.35. The third-order valence-corrected chi connectivity index (χ3v) is 4.37. The standard InChI is InChI=1S/C20H23NO4/c1-14-9-10-17(11-15(14)2)25-12-18(22)21-13-20(3,19(23)24)16-7-5-4-6-8-16/h4-11H,12-13H2,1-3H3,(H,21,22)(H,23,24). The normalized spacial score (nSPS) is 12.9. The van der Waals surface area contributed by atoms with Crippen LogP contribution in [0.2, 0.25) is 0 Å².